The summed E-state index contributed by atoms with van der Waals surface area (Å²) in [5, 5.41) is 1.33. The van der Waals surface area contributed by atoms with Gasteiger partial charge in [0.05, 0.1) is 6.04 Å². The fourth-order valence-electron chi connectivity index (χ4n) is 3.71. The third kappa shape index (κ3) is 3.00. The lowest BCUT2D eigenvalue weighted by molar-refractivity contribution is -0.134. The molecule has 0 spiro atoms. The van der Waals surface area contributed by atoms with Gasteiger partial charge in [-0.3, -0.25) is 4.79 Å². The summed E-state index contributed by atoms with van der Waals surface area (Å²) in [7, 11) is 0. The first-order valence-electron chi connectivity index (χ1n) is 8.60. The molecule has 0 saturated carbocycles. The summed E-state index contributed by atoms with van der Waals surface area (Å²) < 4.78 is 0. The second-order valence-electron chi connectivity index (χ2n) is 7.08. The van der Waals surface area contributed by atoms with Crippen molar-refractivity contribution in [2.45, 2.75) is 45.6 Å². The third-order valence-corrected chi connectivity index (χ3v) is 5.16. The average molecular weight is 313 g/mol. The van der Waals surface area contributed by atoms with Gasteiger partial charge in [-0.05, 0) is 43.2 Å². The van der Waals surface area contributed by atoms with E-state index < -0.39 is 0 Å². The minimum atomic E-state index is -0.374. The van der Waals surface area contributed by atoms with Crippen molar-refractivity contribution in [3.05, 3.63) is 35.5 Å². The molecule has 1 atom stereocenters. The second-order valence-corrected chi connectivity index (χ2v) is 7.08. The number of aryl methyl sites for hydroxylation is 1. The van der Waals surface area contributed by atoms with Gasteiger partial charge in [-0.2, -0.15) is 0 Å². The lowest BCUT2D eigenvalue weighted by Crippen LogP contribution is -2.49. The van der Waals surface area contributed by atoms with Crippen LogP contribution < -0.4 is 5.73 Å². The zero-order chi connectivity index (χ0) is 16.6. The van der Waals surface area contributed by atoms with E-state index in [0.717, 1.165) is 25.9 Å². The van der Waals surface area contributed by atoms with E-state index in [1.807, 2.05) is 18.7 Å². The molecule has 4 heteroatoms. The number of hydrogen-bond donors (Lipinski definition) is 2. The van der Waals surface area contributed by atoms with Crippen LogP contribution in [-0.2, 0) is 4.79 Å². The zero-order valence-corrected chi connectivity index (χ0v) is 14.3. The van der Waals surface area contributed by atoms with Gasteiger partial charge in [0, 0.05) is 29.7 Å². The summed E-state index contributed by atoms with van der Waals surface area (Å²) in [5.74, 6) is 0.815. The van der Waals surface area contributed by atoms with Crippen LogP contribution in [0.15, 0.2) is 24.3 Å². The van der Waals surface area contributed by atoms with Crippen molar-refractivity contribution >= 4 is 16.8 Å². The van der Waals surface area contributed by atoms with Crippen LogP contribution in [0, 0.1) is 12.8 Å². The summed E-state index contributed by atoms with van der Waals surface area (Å²) in [6.07, 6.45) is 2.03. The van der Waals surface area contributed by atoms with Crippen molar-refractivity contribution in [2.24, 2.45) is 11.7 Å². The van der Waals surface area contributed by atoms with Gasteiger partial charge in [0.25, 0.3) is 0 Å². The fraction of sp³-hybridized carbons (Fsp3) is 0.526. The molecule has 1 aliphatic heterocycles. The number of piperidine rings is 1. The van der Waals surface area contributed by atoms with Gasteiger partial charge < -0.3 is 15.6 Å². The van der Waals surface area contributed by atoms with E-state index >= 15 is 0 Å². The highest BCUT2D eigenvalue weighted by Gasteiger charge is 2.29. The molecule has 0 bridgehead atoms. The Morgan fingerprint density at radius 1 is 1.26 bits per heavy atom. The molecular formula is C19H27N3O. The minimum absolute atomic E-state index is 0.106. The van der Waals surface area contributed by atoms with Gasteiger partial charge in [-0.15, -0.1) is 0 Å². The average Bonchev–Trinajstić information content (AvgIpc) is 2.89. The molecule has 1 saturated heterocycles. The number of rotatable bonds is 3. The minimum Gasteiger partial charge on any atom is -0.358 e. The predicted molar refractivity (Wildman–Crippen MR) is 94.4 cm³/mol. The molecule has 2 aromatic rings. The number of carbonyl (C=O) groups is 1. The summed E-state index contributed by atoms with van der Waals surface area (Å²) in [5.41, 5.74) is 9.92. The summed E-state index contributed by atoms with van der Waals surface area (Å²) in [6.45, 7) is 7.78. The Bertz CT molecular complexity index is 696. The predicted octanol–water partition coefficient (Wildman–Crippen LogP) is 3.17. The van der Waals surface area contributed by atoms with Crippen LogP contribution >= 0.6 is 0 Å². The molecule has 1 aliphatic rings. The molecular weight excluding hydrogens is 286 g/mol. The molecule has 1 amide bonds. The molecule has 1 aromatic heterocycles. The number of para-hydroxylation sites is 1. The number of carbonyl (C=O) groups excluding carboxylic acids is 1. The number of likely N-dealkylation sites (tertiary alicyclic amines) is 1. The molecule has 23 heavy (non-hydrogen) atoms. The largest absolute Gasteiger partial charge is 0.358 e. The lowest BCUT2D eigenvalue weighted by Gasteiger charge is -2.34. The molecule has 2 heterocycles. The quantitative estimate of drug-likeness (QED) is 0.914. The number of amides is 1. The van der Waals surface area contributed by atoms with E-state index in [1.165, 1.54) is 22.2 Å². The summed E-state index contributed by atoms with van der Waals surface area (Å²) in [4.78, 5) is 17.8. The number of fused-ring (bicyclic) bond motifs is 1. The molecule has 4 nitrogen and oxygen atoms in total. The molecule has 0 aliphatic carbocycles. The highest BCUT2D eigenvalue weighted by Crippen LogP contribution is 2.35. The third-order valence-electron chi connectivity index (χ3n) is 5.16. The van der Waals surface area contributed by atoms with Crippen molar-refractivity contribution in [1.29, 1.82) is 0 Å². The van der Waals surface area contributed by atoms with E-state index in [4.69, 9.17) is 5.73 Å². The molecule has 0 radical (unpaired) electrons. The summed E-state index contributed by atoms with van der Waals surface area (Å²) in [6, 6.07) is 8.11. The Balaban J connectivity index is 1.74. The zero-order valence-electron chi connectivity index (χ0n) is 14.3. The van der Waals surface area contributed by atoms with E-state index in [0.29, 0.717) is 5.92 Å². The van der Waals surface area contributed by atoms with Crippen molar-refractivity contribution in [3.63, 3.8) is 0 Å². The highest BCUT2D eigenvalue weighted by atomic mass is 16.2. The van der Waals surface area contributed by atoms with Crippen molar-refractivity contribution in [1.82, 2.24) is 9.88 Å². The first-order chi connectivity index (χ1) is 11.0. The maximum absolute atomic E-state index is 12.4. The van der Waals surface area contributed by atoms with Crippen molar-refractivity contribution in [3.8, 4) is 0 Å². The number of aromatic nitrogens is 1. The maximum atomic E-state index is 12.4. The second kappa shape index (κ2) is 6.36. The Morgan fingerprint density at radius 2 is 1.91 bits per heavy atom. The maximum Gasteiger partial charge on any atom is 0.239 e. The molecule has 1 aromatic carbocycles. The van der Waals surface area contributed by atoms with Crippen LogP contribution in [0.3, 0.4) is 0 Å². The van der Waals surface area contributed by atoms with Crippen LogP contribution in [0.2, 0.25) is 0 Å². The first-order valence-corrected chi connectivity index (χ1v) is 8.60. The van der Waals surface area contributed by atoms with Crippen molar-refractivity contribution in [2.75, 3.05) is 13.1 Å². The fourth-order valence-corrected chi connectivity index (χ4v) is 3.71. The van der Waals surface area contributed by atoms with Crippen LogP contribution in [0.1, 0.15) is 43.9 Å². The number of nitrogens with two attached hydrogens (primary N) is 1. The van der Waals surface area contributed by atoms with E-state index in [2.05, 4.69) is 36.2 Å². The topological polar surface area (TPSA) is 62.1 Å². The van der Waals surface area contributed by atoms with Crippen LogP contribution in [-0.4, -0.2) is 34.9 Å². The SMILES string of the molecule is Cc1[nH]c2ccccc2c1C1CCN(C(=O)[C@@H](N)C(C)C)CC1. The number of benzene rings is 1. The van der Waals surface area contributed by atoms with Gasteiger partial charge in [0.1, 0.15) is 0 Å². The van der Waals surface area contributed by atoms with Gasteiger partial charge in [-0.25, -0.2) is 0 Å². The Hall–Kier alpha value is -1.81. The number of nitrogens with zero attached hydrogens (tertiary/aromatic N) is 1. The number of aromatic amines is 1. The van der Waals surface area contributed by atoms with Crippen molar-refractivity contribution < 1.29 is 4.79 Å². The standard InChI is InChI=1S/C19H27N3O/c1-12(2)18(20)19(23)22-10-8-14(9-11-22)17-13(3)21-16-7-5-4-6-15(16)17/h4-7,12,14,18,21H,8-11,20H2,1-3H3/t18-/m0/s1. The number of H-pyrrole nitrogens is 1. The van der Waals surface area contributed by atoms with Crippen LogP contribution in [0.25, 0.3) is 10.9 Å². The normalized spacial score (nSPS) is 17.9. The van der Waals surface area contributed by atoms with Crippen LogP contribution in [0.4, 0.5) is 0 Å². The first kappa shape index (κ1) is 16.1. The smallest absolute Gasteiger partial charge is 0.239 e. The Labute approximate surface area is 138 Å². The van der Waals surface area contributed by atoms with E-state index in [-0.39, 0.29) is 17.9 Å². The monoisotopic (exact) mass is 313 g/mol. The van der Waals surface area contributed by atoms with E-state index in [9.17, 15) is 4.79 Å². The molecule has 0 unspecified atom stereocenters. The molecule has 1 fully saturated rings. The van der Waals surface area contributed by atoms with E-state index in [1.54, 1.807) is 0 Å². The molecule has 3 N–H and O–H groups in total. The molecule has 3 rings (SSSR count). The highest BCUT2D eigenvalue weighted by molar-refractivity contribution is 5.85. The van der Waals surface area contributed by atoms with Crippen LogP contribution in [0.5, 0.6) is 0 Å². The number of nitrogens with one attached hydrogen (secondary N) is 1. The molecule has 124 valence electrons. The summed E-state index contributed by atoms with van der Waals surface area (Å²) >= 11 is 0. The lowest BCUT2D eigenvalue weighted by atomic mass is 9.87. The Kier molecular flexibility index (Phi) is 4.44. The van der Waals surface area contributed by atoms with Gasteiger partial charge in [0.15, 0.2) is 0 Å². The van der Waals surface area contributed by atoms with Gasteiger partial charge >= 0.3 is 0 Å². The Morgan fingerprint density at radius 3 is 2.57 bits per heavy atom. The van der Waals surface area contributed by atoms with Gasteiger partial charge in [-0.1, -0.05) is 32.0 Å². The number of hydrogen-bond acceptors (Lipinski definition) is 2. The van der Waals surface area contributed by atoms with Gasteiger partial charge in [0.2, 0.25) is 5.91 Å².